The molecule has 0 heterocycles. The average molecular weight is 152 g/mol. The second kappa shape index (κ2) is 5.83. The summed E-state index contributed by atoms with van der Waals surface area (Å²) in [4.78, 5) is 7.98. The molecule has 0 bridgehead atoms. The van der Waals surface area contributed by atoms with Crippen LogP contribution in [-0.2, 0) is 0 Å². The first-order valence-electron chi connectivity index (χ1n) is 3.91. The van der Waals surface area contributed by atoms with Crippen molar-refractivity contribution in [3.05, 3.63) is 12.8 Å². The molecule has 0 unspecified atom stereocenters. The molecular formula is C9H16N2. The number of hydrogen-bond acceptors (Lipinski definition) is 1. The van der Waals surface area contributed by atoms with Crippen molar-refractivity contribution < 1.29 is 0 Å². The first-order chi connectivity index (χ1) is 5.22. The molecule has 0 aromatic carbocycles. The third-order valence-corrected chi connectivity index (χ3v) is 1.42. The Morgan fingerprint density at radius 2 is 2.18 bits per heavy atom. The van der Waals surface area contributed by atoms with Crippen LogP contribution < -0.4 is 0 Å². The summed E-state index contributed by atoms with van der Waals surface area (Å²) in [7, 11) is 0. The number of nitrogens with zero attached hydrogens (tertiary/aromatic N) is 2. The summed E-state index contributed by atoms with van der Waals surface area (Å²) < 4.78 is 0. The third kappa shape index (κ3) is 4.48. The first-order valence-corrected chi connectivity index (χ1v) is 3.91. The molecule has 0 aromatic rings. The van der Waals surface area contributed by atoms with E-state index in [1.54, 1.807) is 6.34 Å². The van der Waals surface area contributed by atoms with E-state index in [0.29, 0.717) is 5.92 Å². The van der Waals surface area contributed by atoms with Crippen molar-refractivity contribution in [2.45, 2.75) is 27.2 Å². The highest BCUT2D eigenvalue weighted by Crippen LogP contribution is 1.99. The van der Waals surface area contributed by atoms with Gasteiger partial charge in [-0.1, -0.05) is 27.4 Å². The molecule has 0 aliphatic heterocycles. The van der Waals surface area contributed by atoms with E-state index in [-0.39, 0.29) is 0 Å². The van der Waals surface area contributed by atoms with Crippen LogP contribution in [0.3, 0.4) is 0 Å². The normalized spacial score (nSPS) is 12.9. The van der Waals surface area contributed by atoms with Gasteiger partial charge in [-0.3, -0.25) is 0 Å². The van der Waals surface area contributed by atoms with Crippen LogP contribution in [0, 0.1) is 5.92 Å². The fraction of sp³-hybridized carbons (Fsp3) is 0.556. The minimum absolute atomic E-state index is 0.510. The maximum Gasteiger partial charge on any atom is 0.115 e. The molecule has 0 atom stereocenters. The van der Waals surface area contributed by atoms with Crippen molar-refractivity contribution >= 4 is 12.1 Å². The van der Waals surface area contributed by atoms with Gasteiger partial charge in [-0.25, -0.2) is 9.98 Å². The number of rotatable bonds is 4. The quantitative estimate of drug-likeness (QED) is 0.437. The second-order valence-electron chi connectivity index (χ2n) is 2.58. The zero-order valence-electron chi connectivity index (χ0n) is 7.54. The van der Waals surface area contributed by atoms with Gasteiger partial charge in [0.25, 0.3) is 0 Å². The van der Waals surface area contributed by atoms with E-state index in [2.05, 4.69) is 37.3 Å². The van der Waals surface area contributed by atoms with Crippen LogP contribution in [0.15, 0.2) is 22.8 Å². The molecule has 0 aliphatic carbocycles. The lowest BCUT2D eigenvalue weighted by Gasteiger charge is -2.03. The van der Waals surface area contributed by atoms with Gasteiger partial charge in [-0.15, -0.1) is 0 Å². The second-order valence-corrected chi connectivity index (χ2v) is 2.58. The summed E-state index contributed by atoms with van der Waals surface area (Å²) in [6.45, 7) is 9.82. The average Bonchev–Trinajstić information content (AvgIpc) is 1.97. The highest BCUT2D eigenvalue weighted by Gasteiger charge is 1.99. The lowest BCUT2D eigenvalue weighted by atomic mass is 10.1. The molecule has 0 N–H and O–H groups in total. The van der Waals surface area contributed by atoms with E-state index in [9.17, 15) is 0 Å². The van der Waals surface area contributed by atoms with Gasteiger partial charge in [0.15, 0.2) is 0 Å². The lowest BCUT2D eigenvalue weighted by molar-refractivity contribution is 0.860. The Hall–Kier alpha value is -0.920. The van der Waals surface area contributed by atoms with Crippen molar-refractivity contribution in [2.75, 3.05) is 0 Å². The molecule has 2 nitrogen and oxygen atoms in total. The molecule has 11 heavy (non-hydrogen) atoms. The van der Waals surface area contributed by atoms with Crippen LogP contribution in [0.2, 0.25) is 0 Å². The Morgan fingerprint density at radius 1 is 1.55 bits per heavy atom. The van der Waals surface area contributed by atoms with Gasteiger partial charge in [0, 0.05) is 11.9 Å². The number of aliphatic imine (C=N–C) groups is 2. The van der Waals surface area contributed by atoms with Gasteiger partial charge in [0.2, 0.25) is 0 Å². The van der Waals surface area contributed by atoms with Crippen LogP contribution in [0.4, 0.5) is 0 Å². The third-order valence-electron chi connectivity index (χ3n) is 1.42. The Morgan fingerprint density at radius 3 is 2.55 bits per heavy atom. The number of hydrogen-bond donors (Lipinski definition) is 0. The van der Waals surface area contributed by atoms with E-state index < -0.39 is 0 Å². The molecule has 0 saturated heterocycles. The molecule has 0 fully saturated rings. The highest BCUT2D eigenvalue weighted by molar-refractivity contribution is 5.91. The molecular weight excluding hydrogens is 136 g/mol. The van der Waals surface area contributed by atoms with E-state index >= 15 is 0 Å². The lowest BCUT2D eigenvalue weighted by Crippen LogP contribution is -2.05. The molecule has 0 aromatic heterocycles. The highest BCUT2D eigenvalue weighted by atomic mass is 14.8. The smallest absolute Gasteiger partial charge is 0.115 e. The van der Waals surface area contributed by atoms with Gasteiger partial charge in [-0.2, -0.15) is 0 Å². The van der Waals surface area contributed by atoms with Gasteiger partial charge in [-0.05, 0) is 12.3 Å². The standard InChI is InChI=1S/C9H16N2/c1-5-9(8(3)4)11-7-10-6-2/h6-8H,2,5H2,1,3-4H3/b10-7-,11-9+. The Labute approximate surface area is 68.8 Å². The molecule has 0 rings (SSSR count). The molecule has 0 spiro atoms. The largest absolute Gasteiger partial charge is 0.246 e. The van der Waals surface area contributed by atoms with Gasteiger partial charge >= 0.3 is 0 Å². The van der Waals surface area contributed by atoms with Crippen molar-refractivity contribution in [3.8, 4) is 0 Å². The van der Waals surface area contributed by atoms with Crippen LogP contribution in [0.25, 0.3) is 0 Å². The predicted octanol–water partition coefficient (Wildman–Crippen LogP) is 2.67. The monoisotopic (exact) mass is 152 g/mol. The van der Waals surface area contributed by atoms with E-state index in [1.807, 2.05) is 0 Å². The zero-order chi connectivity index (χ0) is 8.69. The SMILES string of the molecule is C=C/N=C\N=C(/CC)C(C)C. The zero-order valence-corrected chi connectivity index (χ0v) is 7.54. The minimum atomic E-state index is 0.510. The summed E-state index contributed by atoms with van der Waals surface area (Å²) in [5.41, 5.74) is 1.18. The van der Waals surface area contributed by atoms with Crippen molar-refractivity contribution in [3.63, 3.8) is 0 Å². The van der Waals surface area contributed by atoms with Gasteiger partial charge < -0.3 is 0 Å². The minimum Gasteiger partial charge on any atom is -0.246 e. The summed E-state index contributed by atoms with van der Waals surface area (Å²) >= 11 is 0. The van der Waals surface area contributed by atoms with Crippen molar-refractivity contribution in [2.24, 2.45) is 15.9 Å². The van der Waals surface area contributed by atoms with E-state index in [4.69, 9.17) is 0 Å². The summed E-state index contributed by atoms with van der Waals surface area (Å²) in [6.07, 6.45) is 4.02. The van der Waals surface area contributed by atoms with E-state index in [0.717, 1.165) is 6.42 Å². The van der Waals surface area contributed by atoms with Crippen LogP contribution in [0.1, 0.15) is 27.2 Å². The van der Waals surface area contributed by atoms with Gasteiger partial charge in [0.05, 0.1) is 0 Å². The van der Waals surface area contributed by atoms with Gasteiger partial charge in [0.1, 0.15) is 6.34 Å². The molecule has 62 valence electrons. The van der Waals surface area contributed by atoms with Crippen LogP contribution in [0.5, 0.6) is 0 Å². The molecule has 0 amide bonds. The Balaban J connectivity index is 4.11. The topological polar surface area (TPSA) is 24.7 Å². The molecule has 0 aliphatic rings. The van der Waals surface area contributed by atoms with Crippen LogP contribution >= 0.6 is 0 Å². The molecule has 0 radical (unpaired) electrons. The summed E-state index contributed by atoms with van der Waals surface area (Å²) in [5, 5.41) is 0. The Kier molecular flexibility index (Phi) is 5.35. The molecule has 2 heteroatoms. The Bertz CT molecular complexity index is 166. The van der Waals surface area contributed by atoms with E-state index in [1.165, 1.54) is 11.9 Å². The van der Waals surface area contributed by atoms with Crippen molar-refractivity contribution in [1.29, 1.82) is 0 Å². The maximum absolute atomic E-state index is 4.19. The fourth-order valence-electron chi connectivity index (χ4n) is 0.803. The molecule has 0 saturated carbocycles. The van der Waals surface area contributed by atoms with Crippen molar-refractivity contribution in [1.82, 2.24) is 0 Å². The maximum atomic E-state index is 4.19. The van der Waals surface area contributed by atoms with Crippen LogP contribution in [-0.4, -0.2) is 12.1 Å². The first kappa shape index (κ1) is 10.1. The summed E-state index contributed by atoms with van der Waals surface area (Å²) in [5.74, 6) is 0.510. The fourth-order valence-corrected chi connectivity index (χ4v) is 0.803. The predicted molar refractivity (Wildman–Crippen MR) is 51.3 cm³/mol. The summed E-state index contributed by atoms with van der Waals surface area (Å²) in [6, 6.07) is 0.